The molecule has 2 rings (SSSR count). The molecule has 0 radical (unpaired) electrons. The number of urea groups is 1. The molecule has 1 aromatic carbocycles. The number of hydrogen-bond acceptors (Lipinski definition) is 3. The van der Waals surface area contributed by atoms with Crippen LogP contribution in [-0.4, -0.2) is 23.8 Å². The van der Waals surface area contributed by atoms with Gasteiger partial charge in [0.1, 0.15) is 0 Å². The predicted octanol–water partition coefficient (Wildman–Crippen LogP) is 3.31. The van der Waals surface area contributed by atoms with Crippen LogP contribution in [0.25, 0.3) is 0 Å². The third-order valence-corrected chi connectivity index (χ3v) is 3.56. The van der Waals surface area contributed by atoms with E-state index in [1.54, 1.807) is 18.0 Å². The van der Waals surface area contributed by atoms with Crippen molar-refractivity contribution in [2.24, 2.45) is 0 Å². The SMILES string of the molecule is CSCc1ccccc1NC(=O)NCCc1ccccn1. The van der Waals surface area contributed by atoms with Crippen molar-refractivity contribution in [1.29, 1.82) is 0 Å². The van der Waals surface area contributed by atoms with Gasteiger partial charge in [-0.15, -0.1) is 0 Å². The Morgan fingerprint density at radius 3 is 2.76 bits per heavy atom. The molecule has 2 aromatic rings. The summed E-state index contributed by atoms with van der Waals surface area (Å²) in [7, 11) is 0. The Kier molecular flexibility index (Phi) is 6.09. The van der Waals surface area contributed by atoms with E-state index in [9.17, 15) is 4.79 Å². The number of anilines is 1. The number of aromatic nitrogens is 1. The third-order valence-electron chi connectivity index (χ3n) is 2.96. The average molecular weight is 301 g/mol. The number of rotatable bonds is 6. The molecule has 1 aromatic heterocycles. The van der Waals surface area contributed by atoms with Crippen molar-refractivity contribution < 1.29 is 4.79 Å². The van der Waals surface area contributed by atoms with Crippen molar-refractivity contribution in [2.45, 2.75) is 12.2 Å². The lowest BCUT2D eigenvalue weighted by molar-refractivity contribution is 0.252. The Bertz CT molecular complexity index is 575. The van der Waals surface area contributed by atoms with Crippen LogP contribution in [0.3, 0.4) is 0 Å². The topological polar surface area (TPSA) is 54.0 Å². The Morgan fingerprint density at radius 2 is 2.00 bits per heavy atom. The van der Waals surface area contributed by atoms with Crippen LogP contribution in [0.5, 0.6) is 0 Å². The highest BCUT2D eigenvalue weighted by Gasteiger charge is 2.05. The Labute approximate surface area is 129 Å². The van der Waals surface area contributed by atoms with Gasteiger partial charge in [0.05, 0.1) is 0 Å². The predicted molar refractivity (Wildman–Crippen MR) is 88.6 cm³/mol. The second kappa shape index (κ2) is 8.32. The first-order chi connectivity index (χ1) is 10.3. The maximum absolute atomic E-state index is 11.9. The van der Waals surface area contributed by atoms with Crippen molar-refractivity contribution in [3.8, 4) is 0 Å². The lowest BCUT2D eigenvalue weighted by atomic mass is 10.2. The molecule has 0 bridgehead atoms. The van der Waals surface area contributed by atoms with E-state index in [2.05, 4.69) is 15.6 Å². The van der Waals surface area contributed by atoms with Gasteiger partial charge in [-0.3, -0.25) is 4.98 Å². The van der Waals surface area contributed by atoms with Crippen molar-refractivity contribution in [3.63, 3.8) is 0 Å². The van der Waals surface area contributed by atoms with Gasteiger partial charge in [-0.1, -0.05) is 24.3 Å². The lowest BCUT2D eigenvalue weighted by Gasteiger charge is -2.11. The molecule has 0 saturated carbocycles. The number of para-hydroxylation sites is 1. The fraction of sp³-hybridized carbons (Fsp3) is 0.250. The van der Waals surface area contributed by atoms with Crippen LogP contribution < -0.4 is 10.6 Å². The van der Waals surface area contributed by atoms with E-state index < -0.39 is 0 Å². The molecule has 0 aliphatic heterocycles. The van der Waals surface area contributed by atoms with Gasteiger partial charge >= 0.3 is 6.03 Å². The maximum atomic E-state index is 11.9. The van der Waals surface area contributed by atoms with Crippen LogP contribution in [0.2, 0.25) is 0 Å². The standard InChI is InChI=1S/C16H19N3OS/c1-21-12-13-6-2-3-8-15(13)19-16(20)18-11-9-14-7-4-5-10-17-14/h2-8,10H,9,11-12H2,1H3,(H2,18,19,20). The van der Waals surface area contributed by atoms with Crippen molar-refractivity contribution in [3.05, 3.63) is 59.9 Å². The summed E-state index contributed by atoms with van der Waals surface area (Å²) in [5, 5.41) is 5.75. The fourth-order valence-corrected chi connectivity index (χ4v) is 2.50. The number of nitrogens with zero attached hydrogens (tertiary/aromatic N) is 1. The van der Waals surface area contributed by atoms with E-state index >= 15 is 0 Å². The van der Waals surface area contributed by atoms with Crippen LogP contribution in [-0.2, 0) is 12.2 Å². The van der Waals surface area contributed by atoms with Gasteiger partial charge < -0.3 is 10.6 Å². The fourth-order valence-electron chi connectivity index (χ4n) is 1.94. The van der Waals surface area contributed by atoms with Crippen LogP contribution in [0, 0.1) is 0 Å². The van der Waals surface area contributed by atoms with E-state index in [1.165, 1.54) is 0 Å². The summed E-state index contributed by atoms with van der Waals surface area (Å²) in [5.74, 6) is 0.879. The monoisotopic (exact) mass is 301 g/mol. The van der Waals surface area contributed by atoms with E-state index in [0.29, 0.717) is 6.54 Å². The van der Waals surface area contributed by atoms with E-state index in [-0.39, 0.29) is 6.03 Å². The number of carbonyl (C=O) groups is 1. The first-order valence-corrected chi connectivity index (χ1v) is 8.20. The molecule has 0 atom stereocenters. The van der Waals surface area contributed by atoms with Crippen LogP contribution in [0.1, 0.15) is 11.3 Å². The minimum atomic E-state index is -0.181. The van der Waals surface area contributed by atoms with Gasteiger partial charge in [0, 0.05) is 36.3 Å². The zero-order valence-electron chi connectivity index (χ0n) is 12.0. The summed E-state index contributed by atoms with van der Waals surface area (Å²) in [5.41, 5.74) is 2.97. The average Bonchev–Trinajstić information content (AvgIpc) is 2.50. The third kappa shape index (κ3) is 5.11. The molecule has 2 amide bonds. The molecule has 0 aliphatic carbocycles. The van der Waals surface area contributed by atoms with Crippen molar-refractivity contribution >= 4 is 23.5 Å². The first-order valence-electron chi connectivity index (χ1n) is 6.81. The zero-order valence-corrected chi connectivity index (χ0v) is 12.8. The smallest absolute Gasteiger partial charge is 0.319 e. The lowest BCUT2D eigenvalue weighted by Crippen LogP contribution is -2.30. The highest BCUT2D eigenvalue weighted by molar-refractivity contribution is 7.97. The summed E-state index contributed by atoms with van der Waals surface area (Å²) >= 11 is 1.73. The van der Waals surface area contributed by atoms with E-state index in [4.69, 9.17) is 0 Å². The summed E-state index contributed by atoms with van der Waals surface area (Å²) in [4.78, 5) is 16.1. The summed E-state index contributed by atoms with van der Waals surface area (Å²) in [6, 6.07) is 13.5. The molecule has 2 N–H and O–H groups in total. The van der Waals surface area contributed by atoms with Crippen LogP contribution in [0.15, 0.2) is 48.7 Å². The molecule has 5 heteroatoms. The number of benzene rings is 1. The number of carbonyl (C=O) groups excluding carboxylic acids is 1. The first kappa shape index (κ1) is 15.4. The molecule has 0 aliphatic rings. The molecule has 4 nitrogen and oxygen atoms in total. The molecule has 0 unspecified atom stereocenters. The summed E-state index contributed by atoms with van der Waals surface area (Å²) in [6.45, 7) is 0.563. The van der Waals surface area contributed by atoms with E-state index in [0.717, 1.165) is 29.1 Å². The highest BCUT2D eigenvalue weighted by Crippen LogP contribution is 2.19. The second-order valence-electron chi connectivity index (χ2n) is 4.54. The van der Waals surface area contributed by atoms with Gasteiger partial charge in [0.25, 0.3) is 0 Å². The van der Waals surface area contributed by atoms with Gasteiger partial charge in [-0.05, 0) is 30.0 Å². The molecule has 110 valence electrons. The van der Waals surface area contributed by atoms with E-state index in [1.807, 2.05) is 48.7 Å². The minimum Gasteiger partial charge on any atom is -0.337 e. The number of nitrogens with one attached hydrogen (secondary N) is 2. The molecule has 0 spiro atoms. The molecule has 0 saturated heterocycles. The van der Waals surface area contributed by atoms with Crippen LogP contribution in [0.4, 0.5) is 10.5 Å². The molecular formula is C16H19N3OS. The second-order valence-corrected chi connectivity index (χ2v) is 5.41. The largest absolute Gasteiger partial charge is 0.337 e. The quantitative estimate of drug-likeness (QED) is 0.860. The molecule has 21 heavy (non-hydrogen) atoms. The Balaban J connectivity index is 1.82. The van der Waals surface area contributed by atoms with Gasteiger partial charge in [0.15, 0.2) is 0 Å². The zero-order chi connectivity index (χ0) is 14.9. The summed E-state index contributed by atoms with van der Waals surface area (Å²) < 4.78 is 0. The molecular weight excluding hydrogens is 282 g/mol. The van der Waals surface area contributed by atoms with Gasteiger partial charge in [0.2, 0.25) is 0 Å². The van der Waals surface area contributed by atoms with Gasteiger partial charge in [-0.25, -0.2) is 4.79 Å². The summed E-state index contributed by atoms with van der Waals surface area (Å²) in [6.07, 6.45) is 4.53. The number of hydrogen-bond donors (Lipinski definition) is 2. The van der Waals surface area contributed by atoms with Gasteiger partial charge in [-0.2, -0.15) is 11.8 Å². The highest BCUT2D eigenvalue weighted by atomic mass is 32.2. The van der Waals surface area contributed by atoms with Crippen molar-refractivity contribution in [2.75, 3.05) is 18.1 Å². The maximum Gasteiger partial charge on any atom is 0.319 e. The molecule has 1 heterocycles. The Hall–Kier alpha value is -2.01. The molecule has 0 fully saturated rings. The Morgan fingerprint density at radius 1 is 1.19 bits per heavy atom. The minimum absolute atomic E-state index is 0.181. The van der Waals surface area contributed by atoms with Crippen molar-refractivity contribution in [1.82, 2.24) is 10.3 Å². The number of thioether (sulfide) groups is 1. The van der Waals surface area contributed by atoms with Crippen LogP contribution >= 0.6 is 11.8 Å². The normalized spacial score (nSPS) is 10.1. The number of pyridine rings is 1. The number of amides is 2.